The van der Waals surface area contributed by atoms with Gasteiger partial charge in [-0.15, -0.1) is 0 Å². The molecule has 2 rings (SSSR count). The van der Waals surface area contributed by atoms with Crippen LogP contribution in [-0.2, 0) is 16.1 Å². The van der Waals surface area contributed by atoms with Gasteiger partial charge in [0.05, 0.1) is 13.2 Å². The first kappa shape index (κ1) is 16.8. The average molecular weight is 314 g/mol. The molecule has 5 heteroatoms. The number of anilines is 1. The van der Waals surface area contributed by atoms with Crippen molar-refractivity contribution in [2.24, 2.45) is 0 Å². The molecule has 0 radical (unpaired) electrons. The molecular formula is C18H22N2O3. The third kappa shape index (κ3) is 3.62. The number of aromatic amines is 1. The van der Waals surface area contributed by atoms with Crippen molar-refractivity contribution in [2.45, 2.75) is 34.2 Å². The molecule has 0 bridgehead atoms. The normalized spacial score (nSPS) is 10.4. The predicted octanol–water partition coefficient (Wildman–Crippen LogP) is 3.36. The number of carbonyl (C=O) groups excluding carboxylic acids is 2. The lowest BCUT2D eigenvalue weighted by Crippen LogP contribution is -2.28. The Morgan fingerprint density at radius 2 is 1.83 bits per heavy atom. The maximum absolute atomic E-state index is 12.0. The van der Waals surface area contributed by atoms with E-state index in [2.05, 4.69) is 4.98 Å². The number of amides is 1. The SMILES string of the molecule is CCOC(=O)c1[nH]c(C)c(CN(C(C)=O)c2ccccc2)c1C. The predicted molar refractivity (Wildman–Crippen MR) is 89.5 cm³/mol. The molecule has 1 aromatic carbocycles. The van der Waals surface area contributed by atoms with E-state index in [4.69, 9.17) is 4.74 Å². The minimum atomic E-state index is -0.367. The number of aromatic nitrogens is 1. The molecule has 0 saturated carbocycles. The number of nitrogens with one attached hydrogen (secondary N) is 1. The van der Waals surface area contributed by atoms with Gasteiger partial charge in [0, 0.05) is 18.3 Å². The Morgan fingerprint density at radius 1 is 1.17 bits per heavy atom. The number of hydrogen-bond acceptors (Lipinski definition) is 3. The number of H-pyrrole nitrogens is 1. The van der Waals surface area contributed by atoms with Gasteiger partial charge in [-0.3, -0.25) is 4.79 Å². The van der Waals surface area contributed by atoms with Gasteiger partial charge < -0.3 is 14.6 Å². The van der Waals surface area contributed by atoms with Crippen molar-refractivity contribution >= 4 is 17.6 Å². The van der Waals surface area contributed by atoms with Gasteiger partial charge in [-0.1, -0.05) is 18.2 Å². The van der Waals surface area contributed by atoms with E-state index in [0.717, 1.165) is 22.5 Å². The maximum atomic E-state index is 12.0. The molecule has 5 nitrogen and oxygen atoms in total. The van der Waals surface area contributed by atoms with Gasteiger partial charge in [0.1, 0.15) is 5.69 Å². The van der Waals surface area contributed by atoms with Gasteiger partial charge in [0.2, 0.25) is 5.91 Å². The molecule has 1 N–H and O–H groups in total. The maximum Gasteiger partial charge on any atom is 0.355 e. The van der Waals surface area contributed by atoms with E-state index in [1.807, 2.05) is 44.2 Å². The fourth-order valence-corrected chi connectivity index (χ4v) is 2.58. The van der Waals surface area contributed by atoms with Crippen LogP contribution in [0.5, 0.6) is 0 Å². The van der Waals surface area contributed by atoms with Crippen molar-refractivity contribution in [2.75, 3.05) is 11.5 Å². The summed E-state index contributed by atoms with van der Waals surface area (Å²) in [5, 5.41) is 0. The van der Waals surface area contributed by atoms with Crippen molar-refractivity contribution < 1.29 is 14.3 Å². The molecule has 0 unspecified atom stereocenters. The lowest BCUT2D eigenvalue weighted by Gasteiger charge is -2.21. The van der Waals surface area contributed by atoms with Crippen LogP contribution in [0.15, 0.2) is 30.3 Å². The van der Waals surface area contributed by atoms with Gasteiger partial charge in [-0.2, -0.15) is 0 Å². The van der Waals surface area contributed by atoms with Crippen LogP contribution in [-0.4, -0.2) is 23.5 Å². The number of esters is 1. The molecule has 1 heterocycles. The first-order chi connectivity index (χ1) is 11.0. The Bertz CT molecular complexity index is 705. The van der Waals surface area contributed by atoms with E-state index in [1.165, 1.54) is 6.92 Å². The van der Waals surface area contributed by atoms with Crippen molar-refractivity contribution in [1.29, 1.82) is 0 Å². The summed E-state index contributed by atoms with van der Waals surface area (Å²) in [5.74, 6) is -0.415. The first-order valence-corrected chi connectivity index (χ1v) is 7.64. The summed E-state index contributed by atoms with van der Waals surface area (Å²) in [4.78, 5) is 28.8. The van der Waals surface area contributed by atoms with Crippen molar-refractivity contribution in [1.82, 2.24) is 4.98 Å². The number of nitrogens with zero attached hydrogens (tertiary/aromatic N) is 1. The zero-order valence-electron chi connectivity index (χ0n) is 14.0. The number of hydrogen-bond donors (Lipinski definition) is 1. The van der Waals surface area contributed by atoms with Crippen molar-refractivity contribution in [3.05, 3.63) is 52.8 Å². The molecule has 0 saturated heterocycles. The molecule has 0 aliphatic rings. The molecule has 23 heavy (non-hydrogen) atoms. The van der Waals surface area contributed by atoms with E-state index in [9.17, 15) is 9.59 Å². The highest BCUT2D eigenvalue weighted by Crippen LogP contribution is 2.24. The second kappa shape index (κ2) is 7.13. The topological polar surface area (TPSA) is 62.4 Å². The van der Waals surface area contributed by atoms with Crippen LogP contribution in [0.4, 0.5) is 5.69 Å². The Morgan fingerprint density at radius 3 is 2.39 bits per heavy atom. The minimum Gasteiger partial charge on any atom is -0.461 e. The van der Waals surface area contributed by atoms with Crippen LogP contribution >= 0.6 is 0 Å². The minimum absolute atomic E-state index is 0.0473. The largest absolute Gasteiger partial charge is 0.461 e. The first-order valence-electron chi connectivity index (χ1n) is 7.64. The zero-order valence-corrected chi connectivity index (χ0v) is 14.0. The van der Waals surface area contributed by atoms with E-state index < -0.39 is 0 Å². The van der Waals surface area contributed by atoms with Gasteiger partial charge in [-0.25, -0.2) is 4.79 Å². The quantitative estimate of drug-likeness (QED) is 0.861. The molecule has 0 fully saturated rings. The Hall–Kier alpha value is -2.56. The summed E-state index contributed by atoms with van der Waals surface area (Å²) in [5.41, 5.74) is 3.91. The number of rotatable bonds is 5. The molecule has 1 amide bonds. The second-order valence-electron chi connectivity index (χ2n) is 5.39. The standard InChI is InChI=1S/C18H22N2O3/c1-5-23-18(22)17-12(2)16(13(3)19-17)11-20(14(4)21)15-9-7-6-8-10-15/h6-10,19H,5,11H2,1-4H3. The molecule has 2 aromatic rings. The highest BCUT2D eigenvalue weighted by Gasteiger charge is 2.21. The fourth-order valence-electron chi connectivity index (χ4n) is 2.58. The third-order valence-corrected chi connectivity index (χ3v) is 3.84. The zero-order chi connectivity index (χ0) is 17.0. The van der Waals surface area contributed by atoms with Crippen LogP contribution < -0.4 is 4.90 Å². The van der Waals surface area contributed by atoms with Crippen LogP contribution in [0.3, 0.4) is 0 Å². The highest BCUT2D eigenvalue weighted by molar-refractivity contribution is 5.92. The van der Waals surface area contributed by atoms with Crippen molar-refractivity contribution in [3.63, 3.8) is 0 Å². The van der Waals surface area contributed by atoms with Crippen LogP contribution in [0.1, 0.15) is 41.2 Å². The van der Waals surface area contributed by atoms with Crippen molar-refractivity contribution in [3.8, 4) is 0 Å². The Kier molecular flexibility index (Phi) is 5.21. The molecule has 0 atom stereocenters. The number of carbonyl (C=O) groups is 2. The van der Waals surface area contributed by atoms with Gasteiger partial charge in [0.25, 0.3) is 0 Å². The number of aryl methyl sites for hydroxylation is 1. The molecule has 122 valence electrons. The molecule has 0 aliphatic carbocycles. The van der Waals surface area contributed by atoms with E-state index >= 15 is 0 Å². The highest BCUT2D eigenvalue weighted by atomic mass is 16.5. The van der Waals surface area contributed by atoms with E-state index in [-0.39, 0.29) is 11.9 Å². The van der Waals surface area contributed by atoms with E-state index in [1.54, 1.807) is 11.8 Å². The molecule has 0 aliphatic heterocycles. The Labute approximate surface area is 136 Å². The summed E-state index contributed by atoms with van der Waals surface area (Å²) < 4.78 is 5.06. The molecular weight excluding hydrogens is 292 g/mol. The third-order valence-electron chi connectivity index (χ3n) is 3.84. The summed E-state index contributed by atoms with van der Waals surface area (Å²) in [6.45, 7) is 7.82. The van der Waals surface area contributed by atoms with Gasteiger partial charge >= 0.3 is 5.97 Å². The smallest absolute Gasteiger partial charge is 0.355 e. The van der Waals surface area contributed by atoms with Crippen LogP contribution in [0.25, 0.3) is 0 Å². The molecule has 0 spiro atoms. The van der Waals surface area contributed by atoms with Crippen LogP contribution in [0, 0.1) is 13.8 Å². The molecule has 1 aromatic heterocycles. The van der Waals surface area contributed by atoms with E-state index in [0.29, 0.717) is 18.8 Å². The summed E-state index contributed by atoms with van der Waals surface area (Å²) in [6.07, 6.45) is 0. The summed E-state index contributed by atoms with van der Waals surface area (Å²) in [6, 6.07) is 9.49. The lowest BCUT2D eigenvalue weighted by atomic mass is 10.1. The summed E-state index contributed by atoms with van der Waals surface area (Å²) >= 11 is 0. The number of para-hydroxylation sites is 1. The van der Waals surface area contributed by atoms with Gasteiger partial charge in [-0.05, 0) is 44.0 Å². The van der Waals surface area contributed by atoms with Crippen LogP contribution in [0.2, 0.25) is 0 Å². The fraction of sp³-hybridized carbons (Fsp3) is 0.333. The average Bonchev–Trinajstić information content (AvgIpc) is 2.80. The Balaban J connectivity index is 2.35. The number of benzene rings is 1. The number of ether oxygens (including phenoxy) is 1. The summed E-state index contributed by atoms with van der Waals surface area (Å²) in [7, 11) is 0. The lowest BCUT2D eigenvalue weighted by molar-refractivity contribution is -0.116. The van der Waals surface area contributed by atoms with Gasteiger partial charge in [0.15, 0.2) is 0 Å². The monoisotopic (exact) mass is 314 g/mol. The second-order valence-corrected chi connectivity index (χ2v) is 5.39.